The topological polar surface area (TPSA) is 51.0 Å². The van der Waals surface area contributed by atoms with Crippen LogP contribution < -0.4 is 0 Å². The molecule has 0 aliphatic carbocycles. The third-order valence-electron chi connectivity index (χ3n) is 2.74. The van der Waals surface area contributed by atoms with E-state index < -0.39 is 0 Å². The minimum Gasteiger partial charge on any atom is -0.308 e. The Morgan fingerprint density at radius 3 is 2.90 bits per heavy atom. The van der Waals surface area contributed by atoms with Crippen molar-refractivity contribution in [2.45, 2.75) is 6.54 Å². The van der Waals surface area contributed by atoms with E-state index in [2.05, 4.69) is 26.0 Å². The van der Waals surface area contributed by atoms with Gasteiger partial charge in [0.25, 0.3) is 0 Å². The Labute approximate surface area is 130 Å². The van der Waals surface area contributed by atoms with Crippen LogP contribution in [0.2, 0.25) is 5.02 Å². The van der Waals surface area contributed by atoms with E-state index in [9.17, 15) is 4.79 Å². The van der Waals surface area contributed by atoms with E-state index in [1.807, 2.05) is 19.0 Å². The normalized spacial score (nSPS) is 11.1. The van der Waals surface area contributed by atoms with E-state index in [-0.39, 0.29) is 11.5 Å². The Kier molecular flexibility index (Phi) is 4.91. The van der Waals surface area contributed by atoms with Crippen LogP contribution in [0.4, 0.5) is 0 Å². The fourth-order valence-electron chi connectivity index (χ4n) is 1.72. The molecule has 0 atom stereocenters. The number of halogens is 2. The lowest BCUT2D eigenvalue weighted by Crippen LogP contribution is -2.22. The number of hydrogen-bond acceptors (Lipinski definition) is 4. The van der Waals surface area contributed by atoms with Crippen molar-refractivity contribution in [2.75, 3.05) is 20.6 Å². The first-order valence-corrected chi connectivity index (χ1v) is 7.19. The van der Waals surface area contributed by atoms with Crippen molar-refractivity contribution in [3.63, 3.8) is 0 Å². The van der Waals surface area contributed by atoms with Gasteiger partial charge in [0, 0.05) is 12.7 Å². The molecule has 2 heterocycles. The number of likely N-dealkylation sites (N-methyl/N-ethyl adjacent to an activating group) is 1. The summed E-state index contributed by atoms with van der Waals surface area (Å²) < 4.78 is 2.31. The second-order valence-electron chi connectivity index (χ2n) is 4.53. The van der Waals surface area contributed by atoms with Gasteiger partial charge in [-0.2, -0.15) is 5.10 Å². The highest BCUT2D eigenvalue weighted by Gasteiger charge is 2.22. The molecule has 0 spiro atoms. The van der Waals surface area contributed by atoms with Gasteiger partial charge in [0.05, 0.1) is 22.2 Å². The molecule has 0 amide bonds. The number of hydrogen-bond donors (Lipinski definition) is 0. The third-order valence-corrected chi connectivity index (χ3v) is 3.63. The van der Waals surface area contributed by atoms with Gasteiger partial charge in [-0.05, 0) is 42.2 Å². The van der Waals surface area contributed by atoms with Crippen molar-refractivity contribution >= 4 is 33.3 Å². The van der Waals surface area contributed by atoms with E-state index in [4.69, 9.17) is 11.6 Å². The summed E-state index contributed by atoms with van der Waals surface area (Å²) in [5.74, 6) is -0.237. The van der Waals surface area contributed by atoms with Gasteiger partial charge in [0.15, 0.2) is 0 Å². The minimum absolute atomic E-state index is 0.237. The molecule has 20 heavy (non-hydrogen) atoms. The van der Waals surface area contributed by atoms with Crippen LogP contribution in [0.15, 0.2) is 29.0 Å². The average Bonchev–Trinajstić information content (AvgIpc) is 2.77. The Morgan fingerprint density at radius 1 is 1.50 bits per heavy atom. The molecule has 7 heteroatoms. The molecule has 0 N–H and O–H groups in total. The van der Waals surface area contributed by atoms with Gasteiger partial charge in [-0.25, -0.2) is 0 Å². The van der Waals surface area contributed by atoms with Crippen LogP contribution in [0.1, 0.15) is 16.2 Å². The zero-order valence-electron chi connectivity index (χ0n) is 11.2. The fourth-order valence-corrected chi connectivity index (χ4v) is 2.40. The molecule has 0 radical (unpaired) electrons. The van der Waals surface area contributed by atoms with Crippen LogP contribution in [0.25, 0.3) is 0 Å². The lowest BCUT2D eigenvalue weighted by molar-refractivity contribution is 0.102. The molecule has 5 nitrogen and oxygen atoms in total. The van der Waals surface area contributed by atoms with Crippen molar-refractivity contribution in [1.29, 1.82) is 0 Å². The molecule has 0 unspecified atom stereocenters. The zero-order chi connectivity index (χ0) is 14.7. The van der Waals surface area contributed by atoms with E-state index >= 15 is 0 Å². The number of carbonyl (C=O) groups excluding carboxylic acids is 1. The molecule has 0 saturated carbocycles. The number of rotatable bonds is 5. The summed E-state index contributed by atoms with van der Waals surface area (Å²) in [6, 6.07) is 3.34. The van der Waals surface area contributed by atoms with Crippen LogP contribution in [0.5, 0.6) is 0 Å². The fraction of sp³-hybridized carbons (Fsp3) is 0.308. The third kappa shape index (κ3) is 3.26. The monoisotopic (exact) mass is 356 g/mol. The van der Waals surface area contributed by atoms with Gasteiger partial charge in [-0.1, -0.05) is 11.6 Å². The summed E-state index contributed by atoms with van der Waals surface area (Å²) in [5, 5.41) is 4.55. The first-order valence-electron chi connectivity index (χ1n) is 6.02. The van der Waals surface area contributed by atoms with Gasteiger partial charge in [0.1, 0.15) is 11.4 Å². The van der Waals surface area contributed by atoms with Gasteiger partial charge in [-0.15, -0.1) is 0 Å². The lowest BCUT2D eigenvalue weighted by Gasteiger charge is -2.11. The summed E-state index contributed by atoms with van der Waals surface area (Å²) in [4.78, 5) is 18.6. The smallest absolute Gasteiger partial charge is 0.232 e. The molecule has 106 valence electrons. The molecule has 2 aromatic heterocycles. The maximum absolute atomic E-state index is 12.6. The Hall–Kier alpha value is -1.24. The molecule has 2 rings (SSSR count). The molecular weight excluding hydrogens is 344 g/mol. The first kappa shape index (κ1) is 15.2. The highest BCUT2D eigenvalue weighted by Crippen LogP contribution is 2.22. The minimum atomic E-state index is -0.237. The average molecular weight is 358 g/mol. The van der Waals surface area contributed by atoms with E-state index in [0.29, 0.717) is 21.7 Å². The van der Waals surface area contributed by atoms with Crippen LogP contribution in [0.3, 0.4) is 0 Å². The van der Waals surface area contributed by atoms with Crippen molar-refractivity contribution in [3.8, 4) is 0 Å². The van der Waals surface area contributed by atoms with Gasteiger partial charge in [-0.3, -0.25) is 14.5 Å². The lowest BCUT2D eigenvalue weighted by atomic mass is 10.2. The zero-order valence-corrected chi connectivity index (χ0v) is 13.5. The van der Waals surface area contributed by atoms with Crippen LogP contribution in [0, 0.1) is 0 Å². The van der Waals surface area contributed by atoms with Crippen molar-refractivity contribution in [1.82, 2.24) is 19.7 Å². The highest BCUT2D eigenvalue weighted by atomic mass is 79.9. The number of ketones is 1. The van der Waals surface area contributed by atoms with Crippen LogP contribution in [-0.2, 0) is 6.54 Å². The number of nitrogens with zero attached hydrogens (tertiary/aromatic N) is 4. The largest absolute Gasteiger partial charge is 0.308 e. The van der Waals surface area contributed by atoms with E-state index in [0.717, 1.165) is 6.54 Å². The number of pyridine rings is 1. The molecule has 2 aromatic rings. The van der Waals surface area contributed by atoms with E-state index in [1.165, 1.54) is 0 Å². The summed E-state index contributed by atoms with van der Waals surface area (Å²) in [5.41, 5.74) is 0.703. The second kappa shape index (κ2) is 6.47. The predicted molar refractivity (Wildman–Crippen MR) is 81.2 cm³/mol. The van der Waals surface area contributed by atoms with Gasteiger partial charge in [0.2, 0.25) is 5.78 Å². The SMILES string of the molecule is CN(C)CCn1ncc(Br)c1C(=O)c1ncccc1Cl. The molecule has 0 bridgehead atoms. The van der Waals surface area contributed by atoms with E-state index in [1.54, 1.807) is 29.2 Å². The van der Waals surface area contributed by atoms with Crippen molar-refractivity contribution < 1.29 is 4.79 Å². The Morgan fingerprint density at radius 2 is 2.25 bits per heavy atom. The molecule has 0 aromatic carbocycles. The molecule has 0 saturated heterocycles. The molecule has 0 aliphatic rings. The maximum atomic E-state index is 12.6. The highest BCUT2D eigenvalue weighted by molar-refractivity contribution is 9.10. The van der Waals surface area contributed by atoms with Crippen LogP contribution >= 0.6 is 27.5 Å². The molecule has 0 aliphatic heterocycles. The standard InChI is InChI=1S/C13H14BrClN4O/c1-18(2)6-7-19-12(9(14)8-17-19)13(20)11-10(15)4-3-5-16-11/h3-5,8H,6-7H2,1-2H3. The number of aromatic nitrogens is 3. The second-order valence-corrected chi connectivity index (χ2v) is 5.79. The molecular formula is C13H14BrClN4O. The summed E-state index contributed by atoms with van der Waals surface area (Å²) >= 11 is 9.39. The summed E-state index contributed by atoms with van der Waals surface area (Å²) in [6.45, 7) is 1.40. The Bertz CT molecular complexity index is 627. The van der Waals surface area contributed by atoms with Crippen molar-refractivity contribution in [2.24, 2.45) is 0 Å². The first-order chi connectivity index (χ1) is 9.50. The Balaban J connectivity index is 2.35. The summed E-state index contributed by atoms with van der Waals surface area (Å²) in [6.07, 6.45) is 3.16. The van der Waals surface area contributed by atoms with Gasteiger partial charge >= 0.3 is 0 Å². The molecule has 0 fully saturated rings. The number of carbonyl (C=O) groups is 1. The quantitative estimate of drug-likeness (QED) is 0.772. The van der Waals surface area contributed by atoms with Crippen molar-refractivity contribution in [3.05, 3.63) is 45.4 Å². The van der Waals surface area contributed by atoms with Crippen LogP contribution in [-0.4, -0.2) is 46.1 Å². The summed E-state index contributed by atoms with van der Waals surface area (Å²) in [7, 11) is 3.94. The van der Waals surface area contributed by atoms with Gasteiger partial charge < -0.3 is 4.90 Å². The maximum Gasteiger partial charge on any atom is 0.232 e. The predicted octanol–water partition coefficient (Wildman–Crippen LogP) is 2.49.